The van der Waals surface area contributed by atoms with Crippen LogP contribution >= 0.6 is 15.9 Å². The van der Waals surface area contributed by atoms with E-state index in [1.54, 1.807) is 26.8 Å². The fourth-order valence-corrected chi connectivity index (χ4v) is 2.12. The molecule has 0 aromatic heterocycles. The molecule has 0 heterocycles. The Bertz CT molecular complexity index is 536. The van der Waals surface area contributed by atoms with Gasteiger partial charge < -0.3 is 14.6 Å². The first-order valence-electron chi connectivity index (χ1n) is 5.75. The van der Waals surface area contributed by atoms with Crippen molar-refractivity contribution in [1.82, 2.24) is 0 Å². The number of carboxylic acid groups (broad SMARTS) is 1. The van der Waals surface area contributed by atoms with Gasteiger partial charge >= 0.3 is 12.1 Å². The van der Waals surface area contributed by atoms with Crippen LogP contribution in [0.3, 0.4) is 0 Å². The Labute approximate surface area is 125 Å². The van der Waals surface area contributed by atoms with Gasteiger partial charge in [-0.1, -0.05) is 0 Å². The van der Waals surface area contributed by atoms with Crippen LogP contribution in [0.15, 0.2) is 16.6 Å². The topological polar surface area (TPSA) is 84.9 Å². The lowest BCUT2D eigenvalue weighted by molar-refractivity contribution is 0.0636. The molecular formula is C13H16BrNO5. The average Bonchev–Trinajstić information content (AvgIpc) is 2.25. The van der Waals surface area contributed by atoms with E-state index in [0.29, 0.717) is 5.75 Å². The summed E-state index contributed by atoms with van der Waals surface area (Å²) in [7, 11) is 1.42. The minimum absolute atomic E-state index is 0.102. The summed E-state index contributed by atoms with van der Waals surface area (Å²) < 4.78 is 10.4. The highest BCUT2D eigenvalue weighted by molar-refractivity contribution is 9.10. The van der Waals surface area contributed by atoms with Crippen LogP contribution in [0.5, 0.6) is 5.75 Å². The Kier molecular flexibility index (Phi) is 4.99. The van der Waals surface area contributed by atoms with Crippen molar-refractivity contribution in [2.75, 3.05) is 12.4 Å². The van der Waals surface area contributed by atoms with Crippen LogP contribution < -0.4 is 10.1 Å². The second-order valence-electron chi connectivity index (χ2n) is 4.94. The summed E-state index contributed by atoms with van der Waals surface area (Å²) in [6, 6.07) is 2.99. The van der Waals surface area contributed by atoms with Crippen LogP contribution in [-0.4, -0.2) is 29.9 Å². The van der Waals surface area contributed by atoms with Gasteiger partial charge in [0.2, 0.25) is 0 Å². The number of nitrogens with one attached hydrogen (secondary N) is 1. The van der Waals surface area contributed by atoms with Crippen molar-refractivity contribution >= 4 is 33.7 Å². The van der Waals surface area contributed by atoms with E-state index >= 15 is 0 Å². The molecule has 0 atom stereocenters. The third-order valence-corrected chi connectivity index (χ3v) is 2.96. The summed E-state index contributed by atoms with van der Waals surface area (Å²) in [6.07, 6.45) is -0.725. The molecule has 20 heavy (non-hydrogen) atoms. The van der Waals surface area contributed by atoms with Gasteiger partial charge in [0.15, 0.2) is 0 Å². The molecule has 6 nitrogen and oxygen atoms in total. The van der Waals surface area contributed by atoms with Crippen molar-refractivity contribution < 1.29 is 24.2 Å². The fraction of sp³-hybridized carbons (Fsp3) is 0.385. The zero-order valence-corrected chi connectivity index (χ0v) is 13.2. The number of halogens is 1. The third kappa shape index (κ3) is 4.12. The third-order valence-electron chi connectivity index (χ3n) is 2.18. The highest BCUT2D eigenvalue weighted by Gasteiger charge is 2.22. The monoisotopic (exact) mass is 345 g/mol. The van der Waals surface area contributed by atoms with Crippen molar-refractivity contribution in [3.8, 4) is 5.75 Å². The second-order valence-corrected chi connectivity index (χ2v) is 5.73. The standard InChI is InChI=1S/C13H16BrNO5/c1-13(2,3)20-12(18)15-7-5-6-8(19-4)10(14)9(7)11(16)17/h5-6H,1-4H3,(H,15,18)(H,16,17). The molecule has 0 aliphatic rings. The normalized spacial score (nSPS) is 10.8. The quantitative estimate of drug-likeness (QED) is 0.875. The summed E-state index contributed by atoms with van der Waals surface area (Å²) in [5, 5.41) is 11.6. The average molecular weight is 346 g/mol. The van der Waals surface area contributed by atoms with Crippen LogP contribution in [0.1, 0.15) is 31.1 Å². The van der Waals surface area contributed by atoms with Crippen LogP contribution in [0.4, 0.5) is 10.5 Å². The van der Waals surface area contributed by atoms with Gasteiger partial charge in [0.05, 0.1) is 17.3 Å². The number of hydrogen-bond donors (Lipinski definition) is 2. The predicted octanol–water partition coefficient (Wildman–Crippen LogP) is 3.50. The number of methoxy groups -OCH3 is 1. The molecule has 7 heteroatoms. The van der Waals surface area contributed by atoms with E-state index in [4.69, 9.17) is 9.47 Å². The number of benzene rings is 1. The molecule has 0 saturated heterocycles. The molecule has 2 N–H and O–H groups in total. The van der Waals surface area contributed by atoms with Crippen LogP contribution in [-0.2, 0) is 4.74 Å². The summed E-state index contributed by atoms with van der Waals surface area (Å²) >= 11 is 3.15. The molecule has 0 bridgehead atoms. The molecule has 1 aromatic rings. The number of aromatic carboxylic acids is 1. The lowest BCUT2D eigenvalue weighted by Gasteiger charge is -2.20. The number of carbonyl (C=O) groups is 2. The van der Waals surface area contributed by atoms with Gasteiger partial charge in [-0.25, -0.2) is 9.59 Å². The molecule has 1 amide bonds. The van der Waals surface area contributed by atoms with Crippen molar-refractivity contribution in [1.29, 1.82) is 0 Å². The Morgan fingerprint density at radius 1 is 1.30 bits per heavy atom. The summed E-state index contributed by atoms with van der Waals surface area (Å²) in [5.74, 6) is -0.834. The second kappa shape index (κ2) is 6.13. The van der Waals surface area contributed by atoms with Gasteiger partial charge in [0.1, 0.15) is 16.9 Å². The minimum Gasteiger partial charge on any atom is -0.496 e. The lowest BCUT2D eigenvalue weighted by Crippen LogP contribution is -2.27. The van der Waals surface area contributed by atoms with E-state index in [2.05, 4.69) is 21.2 Å². The Morgan fingerprint density at radius 3 is 2.35 bits per heavy atom. The predicted molar refractivity (Wildman–Crippen MR) is 77.5 cm³/mol. The zero-order valence-electron chi connectivity index (χ0n) is 11.6. The molecule has 0 unspecified atom stereocenters. The molecular weight excluding hydrogens is 330 g/mol. The van der Waals surface area contributed by atoms with Crippen molar-refractivity contribution in [3.05, 3.63) is 22.2 Å². The Hall–Kier alpha value is -1.76. The Balaban J connectivity index is 3.10. The van der Waals surface area contributed by atoms with Crippen LogP contribution in [0.2, 0.25) is 0 Å². The first-order valence-corrected chi connectivity index (χ1v) is 6.55. The molecule has 0 fully saturated rings. The molecule has 0 saturated carbocycles. The van der Waals surface area contributed by atoms with Gasteiger partial charge in [-0.05, 0) is 48.8 Å². The molecule has 1 rings (SSSR count). The summed E-state index contributed by atoms with van der Waals surface area (Å²) in [5.41, 5.74) is -0.647. The molecule has 110 valence electrons. The molecule has 0 aliphatic heterocycles. The maximum atomic E-state index is 11.7. The number of amides is 1. The van der Waals surface area contributed by atoms with Crippen LogP contribution in [0, 0.1) is 0 Å². The van der Waals surface area contributed by atoms with Gasteiger partial charge in [0.25, 0.3) is 0 Å². The molecule has 0 aliphatic carbocycles. The number of anilines is 1. The first kappa shape index (κ1) is 16.3. The number of carboxylic acids is 1. The lowest BCUT2D eigenvalue weighted by atomic mass is 10.1. The number of ether oxygens (including phenoxy) is 2. The van der Waals surface area contributed by atoms with Crippen molar-refractivity contribution in [2.24, 2.45) is 0 Å². The summed E-state index contributed by atoms with van der Waals surface area (Å²) in [4.78, 5) is 23.0. The SMILES string of the molecule is COc1ccc(NC(=O)OC(C)(C)C)c(C(=O)O)c1Br. The summed E-state index contributed by atoms with van der Waals surface area (Å²) in [6.45, 7) is 5.15. The van der Waals surface area contributed by atoms with Gasteiger partial charge in [-0.2, -0.15) is 0 Å². The van der Waals surface area contributed by atoms with Gasteiger partial charge in [-0.15, -0.1) is 0 Å². The van der Waals surface area contributed by atoms with E-state index in [9.17, 15) is 14.7 Å². The highest BCUT2D eigenvalue weighted by Crippen LogP contribution is 2.34. The minimum atomic E-state index is -1.19. The van der Waals surface area contributed by atoms with E-state index in [1.807, 2.05) is 0 Å². The van der Waals surface area contributed by atoms with E-state index in [1.165, 1.54) is 13.2 Å². The zero-order chi connectivity index (χ0) is 15.5. The number of rotatable bonds is 3. The number of hydrogen-bond acceptors (Lipinski definition) is 4. The van der Waals surface area contributed by atoms with Crippen LogP contribution in [0.25, 0.3) is 0 Å². The van der Waals surface area contributed by atoms with E-state index < -0.39 is 17.7 Å². The molecule has 0 radical (unpaired) electrons. The van der Waals surface area contributed by atoms with Crippen molar-refractivity contribution in [3.63, 3.8) is 0 Å². The van der Waals surface area contributed by atoms with E-state index in [-0.39, 0.29) is 15.7 Å². The number of carbonyl (C=O) groups excluding carboxylic acids is 1. The van der Waals surface area contributed by atoms with Gasteiger partial charge in [-0.3, -0.25) is 5.32 Å². The first-order chi connectivity index (χ1) is 9.15. The van der Waals surface area contributed by atoms with Gasteiger partial charge in [0, 0.05) is 0 Å². The molecule has 1 aromatic carbocycles. The fourth-order valence-electron chi connectivity index (χ4n) is 1.44. The van der Waals surface area contributed by atoms with Crippen molar-refractivity contribution in [2.45, 2.75) is 26.4 Å². The smallest absolute Gasteiger partial charge is 0.412 e. The maximum absolute atomic E-state index is 11.7. The highest BCUT2D eigenvalue weighted by atomic mass is 79.9. The largest absolute Gasteiger partial charge is 0.496 e. The Morgan fingerprint density at radius 2 is 1.90 bits per heavy atom. The van der Waals surface area contributed by atoms with E-state index in [0.717, 1.165) is 0 Å². The maximum Gasteiger partial charge on any atom is 0.412 e. The molecule has 0 spiro atoms.